The molecule has 0 aromatic carbocycles. The van der Waals surface area contributed by atoms with Gasteiger partial charge in [-0.2, -0.15) is 0 Å². The number of likely N-dealkylation sites (tertiary alicyclic amines) is 1. The van der Waals surface area contributed by atoms with Crippen LogP contribution in [0.2, 0.25) is 0 Å². The second kappa shape index (κ2) is 10.1. The highest BCUT2D eigenvalue weighted by Crippen LogP contribution is 2.26. The molecule has 0 saturated carbocycles. The van der Waals surface area contributed by atoms with Crippen LogP contribution in [0.5, 0.6) is 0 Å². The number of nitrogens with one attached hydrogen (secondary N) is 2. The summed E-state index contributed by atoms with van der Waals surface area (Å²) in [6, 6.07) is 10.2. The third-order valence-electron chi connectivity index (χ3n) is 5.16. The molecule has 0 spiro atoms. The van der Waals surface area contributed by atoms with Crippen molar-refractivity contribution in [2.24, 2.45) is 4.99 Å². The van der Waals surface area contributed by atoms with E-state index in [0.717, 1.165) is 48.6 Å². The van der Waals surface area contributed by atoms with Crippen LogP contribution in [0, 0.1) is 6.92 Å². The molecule has 8 nitrogen and oxygen atoms in total. The number of hydrogen-bond donors (Lipinski definition) is 2. The lowest BCUT2D eigenvalue weighted by Crippen LogP contribution is -2.42. The number of pyridine rings is 1. The Morgan fingerprint density at radius 1 is 1.17 bits per heavy atom. The topological polar surface area (TPSA) is 83.0 Å². The summed E-state index contributed by atoms with van der Waals surface area (Å²) >= 11 is 0. The number of guanidine groups is 1. The van der Waals surface area contributed by atoms with Gasteiger partial charge in [0.05, 0.1) is 12.6 Å². The van der Waals surface area contributed by atoms with Crippen molar-refractivity contribution in [3.8, 4) is 0 Å². The average molecular weight is 509 g/mol. The highest BCUT2D eigenvalue weighted by Gasteiger charge is 2.26. The summed E-state index contributed by atoms with van der Waals surface area (Å²) in [5, 5.41) is 15.2. The van der Waals surface area contributed by atoms with E-state index < -0.39 is 0 Å². The fourth-order valence-electron chi connectivity index (χ4n) is 3.68. The first-order chi connectivity index (χ1) is 13.7. The number of rotatable bonds is 6. The molecule has 3 aromatic rings. The third kappa shape index (κ3) is 5.08. The Morgan fingerprint density at radius 2 is 2.00 bits per heavy atom. The van der Waals surface area contributed by atoms with Crippen LogP contribution >= 0.6 is 24.0 Å². The molecule has 1 fully saturated rings. The van der Waals surface area contributed by atoms with E-state index in [2.05, 4.69) is 36.8 Å². The number of aryl methyl sites for hydroxylation is 1. The monoisotopic (exact) mass is 509 g/mol. The van der Waals surface area contributed by atoms with Crippen molar-refractivity contribution in [2.75, 3.05) is 26.7 Å². The van der Waals surface area contributed by atoms with Crippen LogP contribution < -0.4 is 10.6 Å². The van der Waals surface area contributed by atoms with Gasteiger partial charge in [0.2, 0.25) is 0 Å². The number of furan rings is 1. The SMILES string of the molecule is CN=C(NCc1nnc2ccccn12)NCC(c1ccc(C)o1)N1CCCC1.I. The first-order valence-electron chi connectivity index (χ1n) is 9.78. The van der Waals surface area contributed by atoms with Gasteiger partial charge < -0.3 is 15.1 Å². The Morgan fingerprint density at radius 3 is 2.72 bits per heavy atom. The van der Waals surface area contributed by atoms with Crippen LogP contribution in [-0.4, -0.2) is 52.1 Å². The maximum atomic E-state index is 5.93. The molecule has 1 aliphatic heterocycles. The lowest BCUT2D eigenvalue weighted by molar-refractivity contribution is 0.213. The van der Waals surface area contributed by atoms with Crippen LogP contribution in [-0.2, 0) is 6.54 Å². The van der Waals surface area contributed by atoms with Gasteiger partial charge in [-0.15, -0.1) is 34.2 Å². The summed E-state index contributed by atoms with van der Waals surface area (Å²) in [5.41, 5.74) is 0.838. The molecule has 1 aliphatic rings. The van der Waals surface area contributed by atoms with E-state index in [9.17, 15) is 0 Å². The van der Waals surface area contributed by atoms with Gasteiger partial charge in [0.25, 0.3) is 0 Å². The lowest BCUT2D eigenvalue weighted by Gasteiger charge is -2.26. The fraction of sp³-hybridized carbons (Fsp3) is 0.450. The molecule has 1 saturated heterocycles. The molecule has 0 radical (unpaired) electrons. The second-order valence-corrected chi connectivity index (χ2v) is 7.06. The molecule has 0 bridgehead atoms. The highest BCUT2D eigenvalue weighted by molar-refractivity contribution is 14.0. The van der Waals surface area contributed by atoms with Gasteiger partial charge in [0.1, 0.15) is 11.5 Å². The summed E-state index contributed by atoms with van der Waals surface area (Å²) in [4.78, 5) is 6.83. The molecular formula is C20H28IN7O. The molecule has 1 atom stereocenters. The Bertz CT molecular complexity index is 945. The van der Waals surface area contributed by atoms with Crippen molar-refractivity contribution >= 4 is 35.6 Å². The highest BCUT2D eigenvalue weighted by atomic mass is 127. The second-order valence-electron chi connectivity index (χ2n) is 7.06. The van der Waals surface area contributed by atoms with Crippen LogP contribution in [0.3, 0.4) is 0 Å². The van der Waals surface area contributed by atoms with Gasteiger partial charge in [-0.3, -0.25) is 14.3 Å². The molecular weight excluding hydrogens is 481 g/mol. The third-order valence-corrected chi connectivity index (χ3v) is 5.16. The van der Waals surface area contributed by atoms with E-state index in [1.807, 2.05) is 41.8 Å². The molecule has 2 N–H and O–H groups in total. The van der Waals surface area contributed by atoms with E-state index in [0.29, 0.717) is 6.54 Å². The molecule has 29 heavy (non-hydrogen) atoms. The van der Waals surface area contributed by atoms with Gasteiger partial charge in [-0.25, -0.2) is 0 Å². The summed E-state index contributed by atoms with van der Waals surface area (Å²) in [6.07, 6.45) is 4.44. The zero-order chi connectivity index (χ0) is 19.3. The molecule has 1 unspecified atom stereocenters. The van der Waals surface area contributed by atoms with Gasteiger partial charge in [-0.1, -0.05) is 6.07 Å². The van der Waals surface area contributed by atoms with Gasteiger partial charge in [0.15, 0.2) is 17.4 Å². The van der Waals surface area contributed by atoms with E-state index in [1.54, 1.807) is 7.05 Å². The number of nitrogens with zero attached hydrogens (tertiary/aromatic N) is 5. The quantitative estimate of drug-likeness (QED) is 0.302. The molecule has 0 aliphatic carbocycles. The van der Waals surface area contributed by atoms with Crippen LogP contribution in [0.4, 0.5) is 0 Å². The first-order valence-corrected chi connectivity index (χ1v) is 9.78. The van der Waals surface area contributed by atoms with Crippen molar-refractivity contribution in [3.63, 3.8) is 0 Å². The lowest BCUT2D eigenvalue weighted by atomic mass is 10.2. The number of aromatic nitrogens is 3. The zero-order valence-electron chi connectivity index (χ0n) is 16.8. The minimum absolute atomic E-state index is 0. The molecule has 3 aromatic heterocycles. The smallest absolute Gasteiger partial charge is 0.191 e. The maximum absolute atomic E-state index is 5.93. The largest absolute Gasteiger partial charge is 0.465 e. The predicted octanol–water partition coefficient (Wildman–Crippen LogP) is 2.75. The minimum Gasteiger partial charge on any atom is -0.465 e. The Hall–Kier alpha value is -2.14. The summed E-state index contributed by atoms with van der Waals surface area (Å²) in [5.74, 6) is 3.53. The van der Waals surface area contributed by atoms with E-state index in [-0.39, 0.29) is 30.0 Å². The van der Waals surface area contributed by atoms with Crippen molar-refractivity contribution in [1.29, 1.82) is 0 Å². The number of halogens is 1. The van der Waals surface area contributed by atoms with Crippen molar-refractivity contribution in [1.82, 2.24) is 30.1 Å². The van der Waals surface area contributed by atoms with E-state index in [4.69, 9.17) is 4.42 Å². The number of fused-ring (bicyclic) bond motifs is 1. The molecule has 4 heterocycles. The fourth-order valence-corrected chi connectivity index (χ4v) is 3.68. The van der Waals surface area contributed by atoms with Crippen LogP contribution in [0.25, 0.3) is 5.65 Å². The minimum atomic E-state index is 0. The molecule has 156 valence electrons. The number of aliphatic imine (C=N–C) groups is 1. The standard InChI is InChI=1S/C20H27N7O.HI/c1-15-8-9-17(28-15)16(26-10-5-6-11-26)13-22-20(21-2)23-14-19-25-24-18-7-3-4-12-27(18)19;/h3-4,7-9,12,16H,5-6,10-11,13-14H2,1-2H3,(H2,21,22,23);1H. The van der Waals surface area contributed by atoms with E-state index >= 15 is 0 Å². The predicted molar refractivity (Wildman–Crippen MR) is 124 cm³/mol. The van der Waals surface area contributed by atoms with E-state index in [1.165, 1.54) is 12.8 Å². The number of hydrogen-bond acceptors (Lipinski definition) is 5. The zero-order valence-corrected chi connectivity index (χ0v) is 19.2. The average Bonchev–Trinajstić information content (AvgIpc) is 3.46. The Kier molecular flexibility index (Phi) is 7.48. The van der Waals surface area contributed by atoms with Crippen molar-refractivity contribution in [2.45, 2.75) is 32.4 Å². The molecule has 0 amide bonds. The van der Waals surface area contributed by atoms with Crippen molar-refractivity contribution < 1.29 is 4.42 Å². The summed E-state index contributed by atoms with van der Waals surface area (Å²) < 4.78 is 7.90. The van der Waals surface area contributed by atoms with Gasteiger partial charge >= 0.3 is 0 Å². The molecule has 9 heteroatoms. The van der Waals surface area contributed by atoms with Crippen LogP contribution in [0.1, 0.15) is 36.2 Å². The van der Waals surface area contributed by atoms with Crippen LogP contribution in [0.15, 0.2) is 45.9 Å². The van der Waals surface area contributed by atoms with Gasteiger partial charge in [0, 0.05) is 19.8 Å². The summed E-state index contributed by atoms with van der Waals surface area (Å²) in [6.45, 7) is 5.46. The maximum Gasteiger partial charge on any atom is 0.191 e. The van der Waals surface area contributed by atoms with Gasteiger partial charge in [-0.05, 0) is 57.1 Å². The normalized spacial score (nSPS) is 16.0. The Balaban J connectivity index is 0.00000240. The molecule has 4 rings (SSSR count). The Labute approximate surface area is 187 Å². The first kappa shape index (κ1) is 21.6. The van der Waals surface area contributed by atoms with Crippen molar-refractivity contribution in [3.05, 3.63) is 53.9 Å². The summed E-state index contributed by atoms with van der Waals surface area (Å²) in [7, 11) is 1.78.